The molecule has 0 atom stereocenters. The molecule has 0 aliphatic carbocycles. The summed E-state index contributed by atoms with van der Waals surface area (Å²) in [4.78, 5) is 39.1. The lowest BCUT2D eigenvalue weighted by molar-refractivity contribution is 0.101. The summed E-state index contributed by atoms with van der Waals surface area (Å²) < 4.78 is 13.6. The van der Waals surface area contributed by atoms with Gasteiger partial charge in [0.25, 0.3) is 11.5 Å². The van der Waals surface area contributed by atoms with Crippen LogP contribution in [0.2, 0.25) is 0 Å². The molecule has 0 saturated carbocycles. The van der Waals surface area contributed by atoms with Gasteiger partial charge in [-0.25, -0.2) is 9.48 Å². The third-order valence-corrected chi connectivity index (χ3v) is 5.11. The lowest BCUT2D eigenvalue weighted by Crippen LogP contribution is -2.28. The number of carbonyl (C=O) groups excluding carboxylic acids is 1. The SMILES string of the molecule is CN(C)CCn1c(=O)oc2ccc(NC(=O)c3ccc(=O)n(CCOc4ccccc4)n3)cc21. The molecule has 10 nitrogen and oxygen atoms in total. The predicted molar refractivity (Wildman–Crippen MR) is 127 cm³/mol. The molecule has 0 radical (unpaired) electrons. The number of fused-ring (bicyclic) bond motifs is 1. The van der Waals surface area contributed by atoms with Crippen molar-refractivity contribution in [3.8, 4) is 5.75 Å². The fourth-order valence-corrected chi connectivity index (χ4v) is 3.34. The molecule has 1 amide bonds. The van der Waals surface area contributed by atoms with Gasteiger partial charge in [-0.3, -0.25) is 14.2 Å². The Kier molecular flexibility index (Phi) is 6.88. The van der Waals surface area contributed by atoms with E-state index in [4.69, 9.17) is 9.15 Å². The van der Waals surface area contributed by atoms with Crippen LogP contribution in [0.4, 0.5) is 5.69 Å². The van der Waals surface area contributed by atoms with Crippen LogP contribution in [-0.4, -0.2) is 52.4 Å². The van der Waals surface area contributed by atoms with E-state index < -0.39 is 11.7 Å². The minimum absolute atomic E-state index is 0.0802. The highest BCUT2D eigenvalue weighted by molar-refractivity contribution is 6.03. The number of rotatable bonds is 9. The van der Waals surface area contributed by atoms with Crippen LogP contribution >= 0.6 is 0 Å². The summed E-state index contributed by atoms with van der Waals surface area (Å²) in [5.41, 5.74) is 1.24. The van der Waals surface area contributed by atoms with Gasteiger partial charge in [-0.1, -0.05) is 18.2 Å². The van der Waals surface area contributed by atoms with Crippen molar-refractivity contribution in [1.82, 2.24) is 19.2 Å². The quantitative estimate of drug-likeness (QED) is 0.404. The first-order chi connectivity index (χ1) is 16.4. The molecule has 0 bridgehead atoms. The maximum absolute atomic E-state index is 12.8. The fraction of sp³-hybridized carbons (Fsp3) is 0.250. The van der Waals surface area contributed by atoms with Crippen LogP contribution < -0.4 is 21.4 Å². The standard InChI is InChI=1S/C24H25N5O5/c1-27(2)12-13-28-20-16-17(8-10-21(20)34-24(28)32)25-23(31)19-9-11-22(30)29(26-19)14-15-33-18-6-4-3-5-7-18/h3-11,16H,12-15H2,1-2H3,(H,25,31). The van der Waals surface area contributed by atoms with Gasteiger partial charge in [-0.15, -0.1) is 0 Å². The van der Waals surface area contributed by atoms with Crippen LogP contribution in [-0.2, 0) is 13.1 Å². The molecule has 2 aromatic heterocycles. The van der Waals surface area contributed by atoms with Gasteiger partial charge in [0.15, 0.2) is 5.58 Å². The maximum atomic E-state index is 12.8. The molecule has 4 aromatic rings. The summed E-state index contributed by atoms with van der Waals surface area (Å²) in [6.07, 6.45) is 0. The Bertz CT molecular complexity index is 1400. The molecular formula is C24H25N5O5. The minimum atomic E-state index is -0.484. The van der Waals surface area contributed by atoms with Gasteiger partial charge in [0.05, 0.1) is 12.1 Å². The number of amides is 1. The normalized spacial score (nSPS) is 11.1. The van der Waals surface area contributed by atoms with E-state index in [0.717, 1.165) is 0 Å². The fourth-order valence-electron chi connectivity index (χ4n) is 3.34. The lowest BCUT2D eigenvalue weighted by Gasteiger charge is -2.10. The number of nitrogens with zero attached hydrogens (tertiary/aromatic N) is 4. The molecule has 0 fully saturated rings. The Morgan fingerprint density at radius 3 is 2.62 bits per heavy atom. The zero-order valence-electron chi connectivity index (χ0n) is 18.9. The molecule has 0 saturated heterocycles. The minimum Gasteiger partial charge on any atom is -0.492 e. The summed E-state index contributed by atoms with van der Waals surface area (Å²) in [5.74, 6) is -0.252. The van der Waals surface area contributed by atoms with Crippen LogP contribution in [0.25, 0.3) is 11.1 Å². The summed E-state index contributed by atoms with van der Waals surface area (Å²) in [7, 11) is 3.83. The van der Waals surface area contributed by atoms with Gasteiger partial charge in [-0.05, 0) is 50.5 Å². The summed E-state index contributed by atoms with van der Waals surface area (Å²) in [6, 6.07) is 16.8. The zero-order chi connectivity index (χ0) is 24.1. The van der Waals surface area contributed by atoms with Crippen molar-refractivity contribution in [1.29, 1.82) is 0 Å². The number of para-hydroxylation sites is 1. The molecule has 176 valence electrons. The molecule has 0 aliphatic heterocycles. The number of nitrogens with one attached hydrogen (secondary N) is 1. The highest BCUT2D eigenvalue weighted by Crippen LogP contribution is 2.19. The van der Waals surface area contributed by atoms with Crippen molar-refractivity contribution >= 4 is 22.7 Å². The van der Waals surface area contributed by atoms with Crippen molar-refractivity contribution in [2.75, 3.05) is 32.6 Å². The van der Waals surface area contributed by atoms with Crippen LogP contribution in [0.15, 0.2) is 74.7 Å². The Morgan fingerprint density at radius 2 is 1.85 bits per heavy atom. The number of carbonyl (C=O) groups is 1. The molecule has 1 N–H and O–H groups in total. The third kappa shape index (κ3) is 5.41. The van der Waals surface area contributed by atoms with Crippen LogP contribution in [0.5, 0.6) is 5.75 Å². The smallest absolute Gasteiger partial charge is 0.419 e. The molecule has 0 aliphatic rings. The maximum Gasteiger partial charge on any atom is 0.419 e. The summed E-state index contributed by atoms with van der Waals surface area (Å²) in [5, 5.41) is 6.93. The number of aromatic nitrogens is 3. The molecule has 0 unspecified atom stereocenters. The van der Waals surface area contributed by atoms with Gasteiger partial charge in [0.2, 0.25) is 0 Å². The van der Waals surface area contributed by atoms with Crippen molar-refractivity contribution in [2.45, 2.75) is 13.1 Å². The second kappa shape index (κ2) is 10.2. The summed E-state index contributed by atoms with van der Waals surface area (Å²) in [6.45, 7) is 1.52. The molecule has 4 rings (SSSR count). The van der Waals surface area contributed by atoms with Gasteiger partial charge >= 0.3 is 5.76 Å². The van der Waals surface area contributed by atoms with E-state index in [2.05, 4.69) is 10.4 Å². The van der Waals surface area contributed by atoms with Gasteiger partial charge < -0.3 is 19.4 Å². The molecule has 10 heteroatoms. The molecule has 0 spiro atoms. The highest BCUT2D eigenvalue weighted by atomic mass is 16.5. The Labute approximate surface area is 195 Å². The van der Waals surface area contributed by atoms with Crippen molar-refractivity contribution < 1.29 is 13.9 Å². The molecule has 34 heavy (non-hydrogen) atoms. The van der Waals surface area contributed by atoms with E-state index in [9.17, 15) is 14.4 Å². The van der Waals surface area contributed by atoms with Crippen molar-refractivity contribution in [2.24, 2.45) is 0 Å². The van der Waals surface area contributed by atoms with Crippen LogP contribution in [0.1, 0.15) is 10.5 Å². The van der Waals surface area contributed by atoms with E-state index >= 15 is 0 Å². The van der Waals surface area contributed by atoms with Gasteiger partial charge in [-0.2, -0.15) is 5.10 Å². The average Bonchev–Trinajstić information content (AvgIpc) is 3.13. The highest BCUT2D eigenvalue weighted by Gasteiger charge is 2.14. The first-order valence-corrected chi connectivity index (χ1v) is 10.8. The predicted octanol–water partition coefficient (Wildman–Crippen LogP) is 2.04. The van der Waals surface area contributed by atoms with Crippen molar-refractivity contribution in [3.05, 3.63) is 87.3 Å². The summed E-state index contributed by atoms with van der Waals surface area (Å²) >= 11 is 0. The third-order valence-electron chi connectivity index (χ3n) is 5.11. The number of likely N-dealkylation sites (N-methyl/N-ethyl adjacent to an activating group) is 1. The Hall–Kier alpha value is -4.18. The number of oxazole rings is 1. The van der Waals surface area contributed by atoms with Gasteiger partial charge in [0, 0.05) is 24.8 Å². The number of anilines is 1. The number of hydrogen-bond donors (Lipinski definition) is 1. The largest absolute Gasteiger partial charge is 0.492 e. The van der Waals surface area contributed by atoms with E-state index in [1.807, 2.05) is 49.3 Å². The number of benzene rings is 2. The monoisotopic (exact) mass is 463 g/mol. The topological polar surface area (TPSA) is 112 Å². The van der Waals surface area contributed by atoms with Gasteiger partial charge in [0.1, 0.15) is 18.1 Å². The van der Waals surface area contributed by atoms with Crippen molar-refractivity contribution in [3.63, 3.8) is 0 Å². The zero-order valence-corrected chi connectivity index (χ0v) is 18.9. The van der Waals surface area contributed by atoms with E-state index in [1.165, 1.54) is 21.4 Å². The number of hydrogen-bond acceptors (Lipinski definition) is 7. The van der Waals surface area contributed by atoms with Crippen LogP contribution in [0.3, 0.4) is 0 Å². The molecule has 2 aromatic carbocycles. The Morgan fingerprint density at radius 1 is 1.06 bits per heavy atom. The number of ether oxygens (including phenoxy) is 1. The average molecular weight is 463 g/mol. The second-order valence-corrected chi connectivity index (χ2v) is 7.90. The first-order valence-electron chi connectivity index (χ1n) is 10.8. The molecule has 2 heterocycles. The molecular weight excluding hydrogens is 438 g/mol. The van der Waals surface area contributed by atoms with Crippen LogP contribution in [0, 0.1) is 0 Å². The van der Waals surface area contributed by atoms with E-state index in [0.29, 0.717) is 35.6 Å². The first kappa shape index (κ1) is 23.0. The second-order valence-electron chi connectivity index (χ2n) is 7.90. The Balaban J connectivity index is 1.47. The lowest BCUT2D eigenvalue weighted by atomic mass is 10.2. The van der Waals surface area contributed by atoms with E-state index in [1.54, 1.807) is 18.2 Å². The van der Waals surface area contributed by atoms with E-state index in [-0.39, 0.29) is 24.4 Å².